The van der Waals surface area contributed by atoms with Gasteiger partial charge in [0, 0.05) is 24.3 Å². The lowest BCUT2D eigenvalue weighted by molar-refractivity contribution is 0.0949. The number of aromatic nitrogens is 1. The van der Waals surface area contributed by atoms with E-state index in [1.54, 1.807) is 6.07 Å². The molecule has 0 spiro atoms. The molecule has 0 saturated carbocycles. The topological polar surface area (TPSA) is 54.0 Å². The van der Waals surface area contributed by atoms with Gasteiger partial charge in [0.15, 0.2) is 0 Å². The van der Waals surface area contributed by atoms with Gasteiger partial charge in [0.25, 0.3) is 5.91 Å². The molecule has 0 aliphatic rings. The number of nitrogens with one attached hydrogen (secondary N) is 2. The van der Waals surface area contributed by atoms with Gasteiger partial charge in [0.1, 0.15) is 5.82 Å². The summed E-state index contributed by atoms with van der Waals surface area (Å²) in [6.45, 7) is 11.9. The summed E-state index contributed by atoms with van der Waals surface area (Å²) in [6.07, 6.45) is 0.961. The van der Waals surface area contributed by atoms with E-state index in [2.05, 4.69) is 36.4 Å². The van der Waals surface area contributed by atoms with Crippen LogP contribution in [0, 0.1) is 12.3 Å². The number of aryl methyl sites for hydroxylation is 1. The molecule has 1 rings (SSSR count). The van der Waals surface area contributed by atoms with Gasteiger partial charge in [-0.05, 0) is 37.8 Å². The molecule has 19 heavy (non-hydrogen) atoms. The van der Waals surface area contributed by atoms with E-state index in [0.29, 0.717) is 12.1 Å². The second kappa shape index (κ2) is 6.55. The predicted octanol–water partition coefficient (Wildman–Crippen LogP) is 2.99. The standard InChI is InChI=1S/C15H25N3O/c1-6-16-13-10-12(9-11(2)18-13)14(19)17-8-7-15(3,4)5/h9-10H,6-8H2,1-5H3,(H,16,18)(H,17,19). The van der Waals surface area contributed by atoms with Gasteiger partial charge in [-0.1, -0.05) is 20.8 Å². The zero-order valence-corrected chi connectivity index (χ0v) is 12.6. The van der Waals surface area contributed by atoms with Crippen molar-refractivity contribution < 1.29 is 4.79 Å². The highest BCUT2D eigenvalue weighted by Crippen LogP contribution is 2.17. The van der Waals surface area contributed by atoms with Crippen molar-refractivity contribution in [2.75, 3.05) is 18.4 Å². The van der Waals surface area contributed by atoms with Gasteiger partial charge < -0.3 is 10.6 Å². The monoisotopic (exact) mass is 263 g/mol. The van der Waals surface area contributed by atoms with Crippen LogP contribution in [0.3, 0.4) is 0 Å². The van der Waals surface area contributed by atoms with Crippen LogP contribution in [0.1, 0.15) is 50.2 Å². The number of hydrogen-bond acceptors (Lipinski definition) is 3. The van der Waals surface area contributed by atoms with Gasteiger partial charge in [-0.15, -0.1) is 0 Å². The summed E-state index contributed by atoms with van der Waals surface area (Å²) in [6, 6.07) is 3.61. The molecule has 0 radical (unpaired) electrons. The Labute approximate surface area is 116 Å². The average molecular weight is 263 g/mol. The zero-order valence-electron chi connectivity index (χ0n) is 12.6. The van der Waals surface area contributed by atoms with E-state index in [1.165, 1.54) is 0 Å². The molecule has 4 nitrogen and oxygen atoms in total. The second-order valence-electron chi connectivity index (χ2n) is 5.98. The van der Waals surface area contributed by atoms with Crippen molar-refractivity contribution in [3.05, 3.63) is 23.4 Å². The van der Waals surface area contributed by atoms with Crippen LogP contribution < -0.4 is 10.6 Å². The molecule has 106 valence electrons. The van der Waals surface area contributed by atoms with Crippen molar-refractivity contribution in [1.29, 1.82) is 0 Å². The van der Waals surface area contributed by atoms with E-state index in [4.69, 9.17) is 0 Å². The van der Waals surface area contributed by atoms with Crippen LogP contribution in [0.2, 0.25) is 0 Å². The first-order valence-corrected chi connectivity index (χ1v) is 6.82. The quantitative estimate of drug-likeness (QED) is 0.858. The van der Waals surface area contributed by atoms with Crippen LogP contribution in [0.25, 0.3) is 0 Å². The van der Waals surface area contributed by atoms with Gasteiger partial charge in [-0.25, -0.2) is 4.98 Å². The Hall–Kier alpha value is -1.58. The molecular weight excluding hydrogens is 238 g/mol. The third-order valence-electron chi connectivity index (χ3n) is 2.73. The molecule has 0 bridgehead atoms. The smallest absolute Gasteiger partial charge is 0.251 e. The van der Waals surface area contributed by atoms with Gasteiger partial charge in [0.2, 0.25) is 0 Å². The maximum atomic E-state index is 12.1. The van der Waals surface area contributed by atoms with Crippen LogP contribution >= 0.6 is 0 Å². The Morgan fingerprint density at radius 1 is 1.32 bits per heavy atom. The Bertz CT molecular complexity index is 436. The molecule has 4 heteroatoms. The Balaban J connectivity index is 2.66. The van der Waals surface area contributed by atoms with Crippen molar-refractivity contribution in [3.8, 4) is 0 Å². The maximum absolute atomic E-state index is 12.1. The van der Waals surface area contributed by atoms with Crippen LogP contribution in [-0.2, 0) is 0 Å². The third-order valence-corrected chi connectivity index (χ3v) is 2.73. The molecule has 2 N–H and O–H groups in total. The molecule has 1 aromatic heterocycles. The van der Waals surface area contributed by atoms with Gasteiger partial charge in [-0.3, -0.25) is 4.79 Å². The Morgan fingerprint density at radius 2 is 2.00 bits per heavy atom. The Morgan fingerprint density at radius 3 is 2.58 bits per heavy atom. The lowest BCUT2D eigenvalue weighted by Gasteiger charge is -2.18. The number of pyridine rings is 1. The summed E-state index contributed by atoms with van der Waals surface area (Å²) >= 11 is 0. The largest absolute Gasteiger partial charge is 0.370 e. The number of carbonyl (C=O) groups excluding carboxylic acids is 1. The molecule has 0 aliphatic carbocycles. The third kappa shape index (κ3) is 5.73. The lowest BCUT2D eigenvalue weighted by Crippen LogP contribution is -2.27. The van der Waals surface area contributed by atoms with Gasteiger partial charge in [-0.2, -0.15) is 0 Å². The first-order valence-electron chi connectivity index (χ1n) is 6.82. The van der Waals surface area contributed by atoms with Crippen LogP contribution in [0.5, 0.6) is 0 Å². The number of rotatable bonds is 5. The van der Waals surface area contributed by atoms with E-state index < -0.39 is 0 Å². The first-order chi connectivity index (χ1) is 8.81. The highest BCUT2D eigenvalue weighted by molar-refractivity contribution is 5.94. The highest BCUT2D eigenvalue weighted by Gasteiger charge is 2.12. The Kier molecular flexibility index (Phi) is 5.33. The number of hydrogen-bond donors (Lipinski definition) is 2. The van der Waals surface area contributed by atoms with Gasteiger partial charge >= 0.3 is 0 Å². The number of carbonyl (C=O) groups is 1. The minimum absolute atomic E-state index is 0.0334. The summed E-state index contributed by atoms with van der Waals surface area (Å²) in [4.78, 5) is 16.4. The molecule has 1 aromatic rings. The first kappa shape index (κ1) is 15.5. The average Bonchev–Trinajstić information content (AvgIpc) is 2.26. The van der Waals surface area contributed by atoms with Crippen molar-refractivity contribution in [2.45, 2.75) is 41.0 Å². The van der Waals surface area contributed by atoms with Crippen molar-refractivity contribution in [2.24, 2.45) is 5.41 Å². The molecular formula is C15H25N3O. The second-order valence-corrected chi connectivity index (χ2v) is 5.98. The van der Waals surface area contributed by atoms with E-state index >= 15 is 0 Å². The minimum Gasteiger partial charge on any atom is -0.370 e. The van der Waals surface area contributed by atoms with Crippen molar-refractivity contribution in [1.82, 2.24) is 10.3 Å². The van der Waals surface area contributed by atoms with E-state index in [-0.39, 0.29) is 11.3 Å². The fourth-order valence-electron chi connectivity index (χ4n) is 1.72. The van der Waals surface area contributed by atoms with Crippen molar-refractivity contribution >= 4 is 11.7 Å². The zero-order chi connectivity index (χ0) is 14.5. The van der Waals surface area contributed by atoms with E-state index in [0.717, 1.165) is 24.5 Å². The van der Waals surface area contributed by atoms with Crippen LogP contribution in [0.15, 0.2) is 12.1 Å². The van der Waals surface area contributed by atoms with Crippen LogP contribution in [0.4, 0.5) is 5.82 Å². The van der Waals surface area contributed by atoms with E-state index in [9.17, 15) is 4.79 Å². The number of amides is 1. The number of anilines is 1. The maximum Gasteiger partial charge on any atom is 0.251 e. The van der Waals surface area contributed by atoms with Crippen LogP contribution in [-0.4, -0.2) is 24.0 Å². The van der Waals surface area contributed by atoms with Gasteiger partial charge in [0.05, 0.1) is 0 Å². The fraction of sp³-hybridized carbons (Fsp3) is 0.600. The normalized spacial score (nSPS) is 11.2. The fourth-order valence-corrected chi connectivity index (χ4v) is 1.72. The summed E-state index contributed by atoms with van der Waals surface area (Å²) in [5.41, 5.74) is 1.74. The molecule has 0 aliphatic heterocycles. The molecule has 1 amide bonds. The van der Waals surface area contributed by atoms with E-state index in [1.807, 2.05) is 19.9 Å². The molecule has 0 fully saturated rings. The molecule has 0 saturated heterocycles. The summed E-state index contributed by atoms with van der Waals surface area (Å²) in [5.74, 6) is 0.720. The molecule has 1 heterocycles. The van der Waals surface area contributed by atoms with Crippen molar-refractivity contribution in [3.63, 3.8) is 0 Å². The summed E-state index contributed by atoms with van der Waals surface area (Å²) < 4.78 is 0. The minimum atomic E-state index is -0.0334. The predicted molar refractivity (Wildman–Crippen MR) is 79.5 cm³/mol. The molecule has 0 atom stereocenters. The molecule has 0 unspecified atom stereocenters. The highest BCUT2D eigenvalue weighted by atomic mass is 16.1. The number of nitrogens with zero attached hydrogens (tertiary/aromatic N) is 1. The summed E-state index contributed by atoms with van der Waals surface area (Å²) in [7, 11) is 0. The summed E-state index contributed by atoms with van der Waals surface area (Å²) in [5, 5.41) is 6.09. The SMILES string of the molecule is CCNc1cc(C(=O)NCCC(C)(C)C)cc(C)n1. The molecule has 0 aromatic carbocycles. The lowest BCUT2D eigenvalue weighted by atomic mass is 9.92.